The fraction of sp³-hybridized carbons (Fsp3) is 0.500. The number of carbonyl (C=O) groups is 3. The molecular formula is C20H22F3IN2O5S. The minimum absolute atomic E-state index is 0.210. The summed E-state index contributed by atoms with van der Waals surface area (Å²) in [6.07, 6.45) is -4.53. The molecule has 1 aromatic carbocycles. The van der Waals surface area contributed by atoms with Crippen molar-refractivity contribution in [2.24, 2.45) is 10.4 Å². The van der Waals surface area contributed by atoms with Crippen molar-refractivity contribution < 1.29 is 37.0 Å². The molecule has 0 heterocycles. The molecular weight excluding hydrogens is 564 g/mol. The van der Waals surface area contributed by atoms with Gasteiger partial charge in [-0.05, 0) is 52.5 Å². The molecule has 3 atom stereocenters. The van der Waals surface area contributed by atoms with E-state index >= 15 is 0 Å². The monoisotopic (exact) mass is 586 g/mol. The molecule has 0 saturated heterocycles. The number of hydrogen-bond acceptors (Lipinski definition) is 7. The Kier molecular flexibility index (Phi) is 9.37. The Morgan fingerprint density at radius 3 is 2.41 bits per heavy atom. The van der Waals surface area contributed by atoms with Crippen molar-refractivity contribution in [2.75, 3.05) is 14.2 Å². The average molecular weight is 586 g/mol. The van der Waals surface area contributed by atoms with Crippen molar-refractivity contribution >= 4 is 53.7 Å². The zero-order chi connectivity index (χ0) is 23.9. The van der Waals surface area contributed by atoms with Crippen LogP contribution < -0.4 is 5.32 Å². The number of nitrogens with one attached hydrogen (secondary N) is 1. The smallest absolute Gasteiger partial charge is 0.468 e. The van der Waals surface area contributed by atoms with E-state index in [2.05, 4.69) is 25.9 Å². The van der Waals surface area contributed by atoms with Gasteiger partial charge in [0.15, 0.2) is 0 Å². The number of rotatable bonds is 8. The van der Waals surface area contributed by atoms with Crippen molar-refractivity contribution in [3.63, 3.8) is 0 Å². The first-order valence-electron chi connectivity index (χ1n) is 9.52. The van der Waals surface area contributed by atoms with Gasteiger partial charge in [0.25, 0.3) is 0 Å². The van der Waals surface area contributed by atoms with Gasteiger partial charge in [-0.2, -0.15) is 13.2 Å². The van der Waals surface area contributed by atoms with E-state index in [-0.39, 0.29) is 11.8 Å². The minimum atomic E-state index is -5.20. The summed E-state index contributed by atoms with van der Waals surface area (Å²) in [5, 5.41) is 1.27. The lowest BCUT2D eigenvalue weighted by atomic mass is 9.78. The lowest BCUT2D eigenvalue weighted by molar-refractivity contribution is -0.176. The van der Waals surface area contributed by atoms with Gasteiger partial charge in [-0.1, -0.05) is 39.3 Å². The zero-order valence-electron chi connectivity index (χ0n) is 17.3. The standard InChI is InChI=1S/C20H22F3IN2O5S/c1-30-16(27)13(25-17(28)20(21,22)23)11-19(18(29)31-2)10-6-9-14(19)26-15(32-24)12-7-4-3-5-8-12/h3-5,7-8,13,15H,6,9-11H2,1-2H3,(H,25,28)/t13-,15?,19-/m0/s1. The van der Waals surface area contributed by atoms with Crippen LogP contribution in [0, 0.1) is 5.41 Å². The van der Waals surface area contributed by atoms with Crippen LogP contribution in [0.2, 0.25) is 0 Å². The topological polar surface area (TPSA) is 94.1 Å². The van der Waals surface area contributed by atoms with Gasteiger partial charge < -0.3 is 14.8 Å². The number of aliphatic imine (C=N–C) groups is 1. The molecule has 1 amide bonds. The van der Waals surface area contributed by atoms with Gasteiger partial charge in [0.1, 0.15) is 16.8 Å². The number of alkyl halides is 3. The molecule has 12 heteroatoms. The summed E-state index contributed by atoms with van der Waals surface area (Å²) < 4.78 is 48.0. The molecule has 0 aliphatic heterocycles. The third-order valence-electron chi connectivity index (χ3n) is 5.19. The van der Waals surface area contributed by atoms with Crippen LogP contribution in [-0.2, 0) is 23.9 Å². The first-order chi connectivity index (χ1) is 15.1. The SMILES string of the molecule is COC(=O)[C@H](C[C@@]1(C(=O)OC)CCCC1=NC(SI)c1ccccc1)NC(=O)C(F)(F)F. The molecule has 1 saturated carbocycles. The molecule has 1 fully saturated rings. The quantitative estimate of drug-likeness (QED) is 0.364. The van der Waals surface area contributed by atoms with E-state index in [1.165, 1.54) is 8.93 Å². The number of carbonyl (C=O) groups excluding carboxylic acids is 3. The third kappa shape index (κ3) is 6.15. The summed E-state index contributed by atoms with van der Waals surface area (Å²) in [5.41, 5.74) is -0.177. The molecule has 176 valence electrons. The second-order valence-corrected chi connectivity index (χ2v) is 9.26. The van der Waals surface area contributed by atoms with E-state index in [0.29, 0.717) is 18.6 Å². The van der Waals surface area contributed by atoms with Crippen molar-refractivity contribution in [1.29, 1.82) is 0 Å². The molecule has 32 heavy (non-hydrogen) atoms. The normalized spacial score (nSPS) is 21.6. The second-order valence-electron chi connectivity index (χ2n) is 7.11. The lowest BCUT2D eigenvalue weighted by Gasteiger charge is -2.31. The Bertz CT molecular complexity index is 869. The maximum atomic E-state index is 12.9. The number of amides is 1. The van der Waals surface area contributed by atoms with E-state index < -0.39 is 41.9 Å². The predicted molar refractivity (Wildman–Crippen MR) is 121 cm³/mol. The highest BCUT2D eigenvalue weighted by Crippen LogP contribution is 2.45. The Balaban J connectivity index is 2.47. The van der Waals surface area contributed by atoms with Crippen LogP contribution in [0.25, 0.3) is 0 Å². The number of methoxy groups -OCH3 is 2. The first-order valence-corrected chi connectivity index (χ1v) is 12.9. The van der Waals surface area contributed by atoms with Gasteiger partial charge in [-0.15, -0.1) is 0 Å². The zero-order valence-corrected chi connectivity index (χ0v) is 20.3. The molecule has 0 spiro atoms. The molecule has 0 bridgehead atoms. The van der Waals surface area contributed by atoms with Crippen molar-refractivity contribution in [3.8, 4) is 0 Å². The van der Waals surface area contributed by atoms with E-state index in [1.807, 2.05) is 30.3 Å². The molecule has 0 radical (unpaired) electrons. The maximum absolute atomic E-state index is 12.9. The molecule has 0 aromatic heterocycles. The number of nitrogens with zero attached hydrogens (tertiary/aromatic N) is 1. The molecule has 1 unspecified atom stereocenters. The van der Waals surface area contributed by atoms with Crippen LogP contribution in [0.5, 0.6) is 0 Å². The van der Waals surface area contributed by atoms with Crippen LogP contribution in [0.4, 0.5) is 13.2 Å². The number of hydrogen-bond donors (Lipinski definition) is 1. The predicted octanol–water partition coefficient (Wildman–Crippen LogP) is 4.16. The van der Waals surface area contributed by atoms with Gasteiger partial charge in [-0.25, -0.2) is 4.79 Å². The summed E-state index contributed by atoms with van der Waals surface area (Å²) in [6.45, 7) is 0. The number of ether oxygens (including phenoxy) is 2. The van der Waals surface area contributed by atoms with Crippen molar-refractivity contribution in [3.05, 3.63) is 35.9 Å². The molecule has 1 N–H and O–H groups in total. The molecule has 7 nitrogen and oxygen atoms in total. The fourth-order valence-corrected chi connectivity index (χ4v) is 5.33. The maximum Gasteiger partial charge on any atom is 0.471 e. The van der Waals surface area contributed by atoms with Crippen LogP contribution >= 0.6 is 30.1 Å². The van der Waals surface area contributed by atoms with Gasteiger partial charge in [-0.3, -0.25) is 14.6 Å². The Morgan fingerprint density at radius 1 is 1.22 bits per heavy atom. The summed E-state index contributed by atoms with van der Waals surface area (Å²) in [6, 6.07) is 7.57. The average Bonchev–Trinajstić information content (AvgIpc) is 3.18. The number of esters is 2. The lowest BCUT2D eigenvalue weighted by Crippen LogP contribution is -2.52. The van der Waals surface area contributed by atoms with Crippen LogP contribution in [0.15, 0.2) is 35.3 Å². The van der Waals surface area contributed by atoms with Gasteiger partial charge in [0, 0.05) is 5.71 Å². The highest BCUT2D eigenvalue weighted by atomic mass is 127. The van der Waals surface area contributed by atoms with E-state index in [9.17, 15) is 27.6 Å². The third-order valence-corrected chi connectivity index (χ3v) is 7.18. The Labute approximate surface area is 199 Å². The molecule has 2 rings (SSSR count). The minimum Gasteiger partial charge on any atom is -0.468 e. The number of halogens is 4. The highest BCUT2D eigenvalue weighted by Gasteiger charge is 2.52. The van der Waals surface area contributed by atoms with Crippen LogP contribution in [0.1, 0.15) is 36.6 Å². The molecule has 1 aliphatic carbocycles. The van der Waals surface area contributed by atoms with Crippen LogP contribution in [-0.4, -0.2) is 50.0 Å². The van der Waals surface area contributed by atoms with Gasteiger partial charge >= 0.3 is 24.0 Å². The first kappa shape index (κ1) is 26.4. The molecule has 1 aliphatic rings. The van der Waals surface area contributed by atoms with E-state index in [4.69, 9.17) is 9.73 Å². The fourth-order valence-electron chi connectivity index (χ4n) is 3.68. The highest BCUT2D eigenvalue weighted by molar-refractivity contribution is 14.2. The van der Waals surface area contributed by atoms with E-state index in [0.717, 1.165) is 19.8 Å². The molecule has 1 aromatic rings. The summed E-state index contributed by atoms with van der Waals surface area (Å²) in [7, 11) is 3.54. The van der Waals surface area contributed by atoms with Crippen LogP contribution in [0.3, 0.4) is 0 Å². The van der Waals surface area contributed by atoms with Gasteiger partial charge in [0.05, 0.1) is 14.2 Å². The Hall–Kier alpha value is -1.83. The Morgan fingerprint density at radius 2 is 1.88 bits per heavy atom. The number of benzene rings is 1. The largest absolute Gasteiger partial charge is 0.471 e. The summed E-state index contributed by atoms with van der Waals surface area (Å²) in [5.74, 6) is -4.12. The van der Waals surface area contributed by atoms with Crippen molar-refractivity contribution in [2.45, 2.75) is 43.3 Å². The summed E-state index contributed by atoms with van der Waals surface area (Å²) >= 11 is 2.08. The summed E-state index contributed by atoms with van der Waals surface area (Å²) in [4.78, 5) is 41.3. The second kappa shape index (κ2) is 11.3. The van der Waals surface area contributed by atoms with Gasteiger partial charge in [0.2, 0.25) is 0 Å². The van der Waals surface area contributed by atoms with Crippen molar-refractivity contribution in [1.82, 2.24) is 5.32 Å². The van der Waals surface area contributed by atoms with E-state index in [1.54, 1.807) is 5.32 Å².